The van der Waals surface area contributed by atoms with Gasteiger partial charge in [-0.25, -0.2) is 4.39 Å². The van der Waals surface area contributed by atoms with Gasteiger partial charge in [-0.05, 0) is 12.1 Å². The fraction of sp³-hybridized carbons (Fsp3) is 0.294. The zero-order chi connectivity index (χ0) is 17.4. The number of hydrogen-bond donors (Lipinski definition) is 1. The van der Waals surface area contributed by atoms with Gasteiger partial charge in [0.2, 0.25) is 5.88 Å². The average molecular weight is 332 g/mol. The Balaban J connectivity index is 2.84. The van der Waals surface area contributed by atoms with E-state index < -0.39 is 17.2 Å². The molecule has 1 aliphatic rings. The second-order valence-corrected chi connectivity index (χ2v) is 6.57. The highest BCUT2D eigenvalue weighted by atomic mass is 35.5. The molecule has 0 aliphatic carbocycles. The molecule has 0 saturated heterocycles. The fourth-order valence-corrected chi connectivity index (χ4v) is 2.78. The normalized spacial score (nSPS) is 18.3. The van der Waals surface area contributed by atoms with Crippen LogP contribution in [0.4, 0.5) is 4.39 Å². The quantitative estimate of drug-likeness (QED) is 0.839. The number of benzene rings is 1. The van der Waals surface area contributed by atoms with Gasteiger partial charge >= 0.3 is 0 Å². The molecule has 0 amide bonds. The average Bonchev–Trinajstić information content (AvgIpc) is 2.45. The van der Waals surface area contributed by atoms with Crippen LogP contribution in [0.1, 0.15) is 32.3 Å². The van der Waals surface area contributed by atoms with Crippen molar-refractivity contribution in [3.63, 3.8) is 0 Å². The first kappa shape index (κ1) is 16.9. The third-order valence-corrected chi connectivity index (χ3v) is 3.84. The number of halogens is 2. The Hall–Kier alpha value is -2.50. The van der Waals surface area contributed by atoms with Crippen molar-refractivity contribution in [3.05, 3.63) is 57.4 Å². The first-order valence-corrected chi connectivity index (χ1v) is 7.26. The molecule has 1 aromatic rings. The van der Waals surface area contributed by atoms with Crippen molar-refractivity contribution in [2.24, 2.45) is 11.1 Å². The first-order valence-electron chi connectivity index (χ1n) is 6.88. The number of ether oxygens (including phenoxy) is 1. The molecule has 0 aromatic heterocycles. The van der Waals surface area contributed by atoms with E-state index in [-0.39, 0.29) is 27.6 Å². The zero-order valence-corrected chi connectivity index (χ0v) is 13.7. The predicted molar refractivity (Wildman–Crippen MR) is 84.2 cm³/mol. The second-order valence-electron chi connectivity index (χ2n) is 6.16. The Morgan fingerprint density at radius 2 is 1.83 bits per heavy atom. The van der Waals surface area contributed by atoms with Gasteiger partial charge in [-0.1, -0.05) is 38.4 Å². The summed E-state index contributed by atoms with van der Waals surface area (Å²) < 4.78 is 19.9. The van der Waals surface area contributed by atoms with Crippen LogP contribution in [0.15, 0.2) is 41.0 Å². The van der Waals surface area contributed by atoms with Crippen LogP contribution in [-0.2, 0) is 4.74 Å². The third-order valence-electron chi connectivity index (χ3n) is 3.51. The van der Waals surface area contributed by atoms with Crippen molar-refractivity contribution in [3.8, 4) is 12.1 Å². The van der Waals surface area contributed by atoms with Crippen molar-refractivity contribution in [2.75, 3.05) is 0 Å². The lowest BCUT2D eigenvalue weighted by atomic mass is 9.78. The lowest BCUT2D eigenvalue weighted by Crippen LogP contribution is -2.26. The van der Waals surface area contributed by atoms with E-state index in [2.05, 4.69) is 0 Å². The number of hydrogen-bond acceptors (Lipinski definition) is 4. The van der Waals surface area contributed by atoms with Gasteiger partial charge in [0.1, 0.15) is 23.2 Å². The largest absolute Gasteiger partial charge is 0.443 e. The van der Waals surface area contributed by atoms with Crippen LogP contribution in [0, 0.1) is 33.9 Å². The molecule has 2 rings (SSSR count). The lowest BCUT2D eigenvalue weighted by Gasteiger charge is -2.32. The van der Waals surface area contributed by atoms with Gasteiger partial charge in [0.15, 0.2) is 0 Å². The molecule has 0 bridgehead atoms. The monoisotopic (exact) mass is 331 g/mol. The van der Waals surface area contributed by atoms with Crippen LogP contribution in [0.25, 0.3) is 0 Å². The summed E-state index contributed by atoms with van der Waals surface area (Å²) in [6.07, 6.45) is 0. The molecule has 1 aliphatic heterocycles. The summed E-state index contributed by atoms with van der Waals surface area (Å²) in [5, 5.41) is 19.1. The summed E-state index contributed by atoms with van der Waals surface area (Å²) in [4.78, 5) is 0. The van der Waals surface area contributed by atoms with E-state index in [1.165, 1.54) is 18.2 Å². The summed E-state index contributed by atoms with van der Waals surface area (Å²) in [6, 6.07) is 8.14. The molecule has 1 atom stereocenters. The van der Waals surface area contributed by atoms with Crippen LogP contribution in [-0.4, -0.2) is 0 Å². The molecular formula is C17H15ClFN3O. The summed E-state index contributed by atoms with van der Waals surface area (Å²) in [5.41, 5.74) is 5.46. The molecule has 4 nitrogen and oxygen atoms in total. The molecule has 0 fully saturated rings. The van der Waals surface area contributed by atoms with Gasteiger partial charge in [0, 0.05) is 16.0 Å². The highest BCUT2D eigenvalue weighted by molar-refractivity contribution is 6.31. The summed E-state index contributed by atoms with van der Waals surface area (Å²) in [5.74, 6) is -1.42. The van der Waals surface area contributed by atoms with Gasteiger partial charge in [0.25, 0.3) is 0 Å². The van der Waals surface area contributed by atoms with Crippen molar-refractivity contribution in [1.82, 2.24) is 0 Å². The van der Waals surface area contributed by atoms with E-state index in [1.54, 1.807) is 0 Å². The standard InChI is InChI=1S/C17H15ClFN3O/c1-17(2,3)15-9(7-20)13(10(8-21)16(22)23-15)14-11(18)5-4-6-12(14)19/h4-6,13H,22H2,1-3H3/t13-/m0/s1. The topological polar surface area (TPSA) is 82.8 Å². The van der Waals surface area contributed by atoms with E-state index in [0.29, 0.717) is 5.76 Å². The van der Waals surface area contributed by atoms with Crippen molar-refractivity contribution in [2.45, 2.75) is 26.7 Å². The number of rotatable bonds is 1. The maximum absolute atomic E-state index is 14.4. The van der Waals surface area contributed by atoms with Crippen molar-refractivity contribution in [1.29, 1.82) is 10.5 Å². The molecule has 1 heterocycles. The van der Waals surface area contributed by atoms with Crippen molar-refractivity contribution >= 4 is 11.6 Å². The minimum absolute atomic E-state index is 0.0263. The number of nitrogens with zero attached hydrogens (tertiary/aromatic N) is 2. The molecule has 1 aromatic carbocycles. The van der Waals surface area contributed by atoms with E-state index in [1.807, 2.05) is 32.9 Å². The molecule has 6 heteroatoms. The Kier molecular flexibility index (Phi) is 4.36. The Bertz CT molecular complexity index is 786. The van der Waals surface area contributed by atoms with Crippen molar-refractivity contribution < 1.29 is 9.13 Å². The summed E-state index contributed by atoms with van der Waals surface area (Å²) in [6.45, 7) is 5.51. The molecule has 0 spiro atoms. The van der Waals surface area contributed by atoms with Crippen LogP contribution < -0.4 is 5.73 Å². The van der Waals surface area contributed by atoms with Gasteiger partial charge in [-0.15, -0.1) is 0 Å². The van der Waals surface area contributed by atoms with Crippen LogP contribution in [0.5, 0.6) is 0 Å². The van der Waals surface area contributed by atoms with E-state index in [4.69, 9.17) is 22.1 Å². The predicted octanol–water partition coefficient (Wildman–Crippen LogP) is 4.11. The Labute approximate surface area is 139 Å². The maximum Gasteiger partial charge on any atom is 0.205 e. The highest BCUT2D eigenvalue weighted by Gasteiger charge is 2.39. The molecule has 0 radical (unpaired) electrons. The van der Waals surface area contributed by atoms with E-state index in [9.17, 15) is 14.9 Å². The minimum atomic E-state index is -0.985. The number of nitrogens with two attached hydrogens (primary N) is 1. The van der Waals surface area contributed by atoms with Crippen LogP contribution >= 0.6 is 11.6 Å². The van der Waals surface area contributed by atoms with Gasteiger partial charge < -0.3 is 10.5 Å². The highest BCUT2D eigenvalue weighted by Crippen LogP contribution is 2.46. The molecule has 0 unspecified atom stereocenters. The fourth-order valence-electron chi connectivity index (χ4n) is 2.50. The third kappa shape index (κ3) is 2.88. The first-order chi connectivity index (χ1) is 10.7. The Morgan fingerprint density at radius 3 is 2.30 bits per heavy atom. The van der Waals surface area contributed by atoms with Gasteiger partial charge in [0.05, 0.1) is 17.6 Å². The van der Waals surface area contributed by atoms with E-state index >= 15 is 0 Å². The minimum Gasteiger partial charge on any atom is -0.443 e. The lowest BCUT2D eigenvalue weighted by molar-refractivity contribution is 0.199. The summed E-state index contributed by atoms with van der Waals surface area (Å²) >= 11 is 6.13. The molecule has 118 valence electrons. The SMILES string of the molecule is CC(C)(C)C1=C(C#N)[C@H](c2c(F)cccc2Cl)C(C#N)=C(N)O1. The second kappa shape index (κ2) is 5.95. The van der Waals surface area contributed by atoms with Crippen LogP contribution in [0.2, 0.25) is 5.02 Å². The zero-order valence-electron chi connectivity index (χ0n) is 12.9. The molecule has 2 N–H and O–H groups in total. The Morgan fingerprint density at radius 1 is 1.22 bits per heavy atom. The van der Waals surface area contributed by atoms with Gasteiger partial charge in [-0.2, -0.15) is 10.5 Å². The summed E-state index contributed by atoms with van der Waals surface area (Å²) in [7, 11) is 0. The smallest absolute Gasteiger partial charge is 0.205 e. The molecule has 23 heavy (non-hydrogen) atoms. The van der Waals surface area contributed by atoms with Gasteiger partial charge in [-0.3, -0.25) is 0 Å². The maximum atomic E-state index is 14.4. The molecular weight excluding hydrogens is 317 g/mol. The number of allylic oxidation sites excluding steroid dienone is 3. The van der Waals surface area contributed by atoms with Crippen LogP contribution in [0.3, 0.4) is 0 Å². The number of nitriles is 2. The van der Waals surface area contributed by atoms with E-state index in [0.717, 1.165) is 0 Å². The molecule has 0 saturated carbocycles.